The fourth-order valence-corrected chi connectivity index (χ4v) is 1.36. The van der Waals surface area contributed by atoms with E-state index in [2.05, 4.69) is 30.6 Å². The van der Waals surface area contributed by atoms with Crippen LogP contribution in [0.4, 0.5) is 0 Å². The van der Waals surface area contributed by atoms with E-state index in [1.54, 1.807) is 0 Å². The summed E-state index contributed by atoms with van der Waals surface area (Å²) in [7, 11) is 0. The topological polar surface area (TPSA) is 193 Å². The monoisotopic (exact) mass is 371 g/mol. The second-order valence-corrected chi connectivity index (χ2v) is 4.98. The summed E-state index contributed by atoms with van der Waals surface area (Å²) in [6, 6.07) is -2.96. The van der Waals surface area contributed by atoms with Crippen LogP contribution in [0.5, 0.6) is 0 Å². The number of aliphatic carboxylic acids is 3. The third-order valence-electron chi connectivity index (χ3n) is 2.32. The maximum atomic E-state index is 11.3. The van der Waals surface area contributed by atoms with Crippen molar-refractivity contribution in [3.63, 3.8) is 0 Å². The Morgan fingerprint density at radius 1 is 0.913 bits per heavy atom. The van der Waals surface area contributed by atoms with E-state index in [1.807, 2.05) is 0 Å². The first kappa shape index (κ1) is 23.8. The van der Waals surface area contributed by atoms with Crippen molar-refractivity contribution in [2.75, 3.05) is 11.5 Å². The zero-order valence-electron chi connectivity index (χ0n) is 12.1. The number of thiol groups is 2. The first-order valence-electron chi connectivity index (χ1n) is 6.27. The van der Waals surface area contributed by atoms with Crippen molar-refractivity contribution in [1.82, 2.24) is 5.32 Å². The first-order valence-corrected chi connectivity index (χ1v) is 7.53. The van der Waals surface area contributed by atoms with E-state index >= 15 is 0 Å². The lowest BCUT2D eigenvalue weighted by atomic mass is 10.1. The number of carbonyl (C=O) groups is 4. The number of rotatable bonds is 9. The maximum absolute atomic E-state index is 11.3. The van der Waals surface area contributed by atoms with Crippen LogP contribution < -0.4 is 16.8 Å². The Bertz CT molecular complexity index is 422. The smallest absolute Gasteiger partial charge is 0.327 e. The number of carbonyl (C=O) groups excluding carboxylic acids is 1. The minimum absolute atomic E-state index is 0.0416. The van der Waals surface area contributed by atoms with Gasteiger partial charge >= 0.3 is 17.9 Å². The van der Waals surface area contributed by atoms with Crippen molar-refractivity contribution in [3.05, 3.63) is 0 Å². The summed E-state index contributed by atoms with van der Waals surface area (Å²) < 4.78 is 0. The summed E-state index contributed by atoms with van der Waals surface area (Å²) in [5.74, 6) is -3.85. The van der Waals surface area contributed by atoms with Gasteiger partial charge in [0.25, 0.3) is 0 Å². The molecule has 0 fully saturated rings. The van der Waals surface area contributed by atoms with E-state index in [0.29, 0.717) is 0 Å². The number of hydrogen-bond acceptors (Lipinski definition) is 8. The molecule has 134 valence electrons. The van der Waals surface area contributed by atoms with Crippen molar-refractivity contribution >= 4 is 49.1 Å². The summed E-state index contributed by atoms with van der Waals surface area (Å²) in [6.45, 7) is 0. The number of carboxylic acid groups (broad SMARTS) is 3. The van der Waals surface area contributed by atoms with Gasteiger partial charge in [-0.25, -0.2) is 4.79 Å². The highest BCUT2D eigenvalue weighted by Crippen LogP contribution is 1.97. The van der Waals surface area contributed by atoms with Crippen LogP contribution in [0, 0.1) is 0 Å². The van der Waals surface area contributed by atoms with Gasteiger partial charge in [0, 0.05) is 17.9 Å². The summed E-state index contributed by atoms with van der Waals surface area (Å²) in [5.41, 5.74) is 10.3. The molecular weight excluding hydrogens is 350 g/mol. The van der Waals surface area contributed by atoms with Crippen LogP contribution in [-0.4, -0.2) is 68.8 Å². The molecule has 0 aliphatic rings. The quantitative estimate of drug-likeness (QED) is 0.212. The van der Waals surface area contributed by atoms with Crippen LogP contribution in [0.2, 0.25) is 0 Å². The Hall–Kier alpha value is -1.50. The second-order valence-electron chi connectivity index (χ2n) is 4.25. The lowest BCUT2D eigenvalue weighted by Crippen LogP contribution is -2.49. The maximum Gasteiger partial charge on any atom is 0.327 e. The van der Waals surface area contributed by atoms with Crippen LogP contribution in [0.15, 0.2) is 0 Å². The molecule has 23 heavy (non-hydrogen) atoms. The summed E-state index contributed by atoms with van der Waals surface area (Å²) >= 11 is 7.40. The zero-order chi connectivity index (χ0) is 18.6. The number of carboxylic acids is 3. The van der Waals surface area contributed by atoms with Gasteiger partial charge in [0.1, 0.15) is 12.1 Å². The van der Waals surface area contributed by atoms with Gasteiger partial charge in [-0.1, -0.05) is 0 Å². The Balaban J connectivity index is 0. The Morgan fingerprint density at radius 3 is 1.70 bits per heavy atom. The Labute approximate surface area is 143 Å². The number of amides is 1. The standard InChI is InChI=1S/C8H14N2O5S.C3H7NO2S/c9-4(1-2-6(11)12)7(13)10-5(3-16)8(14)15;4-2(1-7)3(5)6/h4-5,16H,1-3,9H2,(H,10,13)(H,11,12)(H,14,15);2,7H,1,4H2,(H,5,6)/t4-,5-;2-/m00/s1. The Morgan fingerprint density at radius 2 is 1.43 bits per heavy atom. The van der Waals surface area contributed by atoms with Gasteiger partial charge in [0.2, 0.25) is 5.91 Å². The van der Waals surface area contributed by atoms with Gasteiger partial charge in [-0.3, -0.25) is 14.4 Å². The Kier molecular flexibility index (Phi) is 13.4. The lowest BCUT2D eigenvalue weighted by Gasteiger charge is -2.15. The van der Waals surface area contributed by atoms with Crippen LogP contribution in [-0.2, 0) is 19.2 Å². The molecule has 0 aliphatic carbocycles. The van der Waals surface area contributed by atoms with E-state index in [9.17, 15) is 19.2 Å². The fraction of sp³-hybridized carbons (Fsp3) is 0.636. The van der Waals surface area contributed by atoms with Gasteiger partial charge in [0.05, 0.1) is 6.04 Å². The second kappa shape index (κ2) is 13.0. The molecule has 0 aromatic heterocycles. The summed E-state index contributed by atoms with van der Waals surface area (Å²) in [5, 5.41) is 27.2. The molecule has 0 heterocycles. The lowest BCUT2D eigenvalue weighted by molar-refractivity contribution is -0.141. The predicted octanol–water partition coefficient (Wildman–Crippen LogP) is -1.99. The minimum atomic E-state index is -1.21. The molecule has 0 bridgehead atoms. The molecule has 0 rings (SSSR count). The van der Waals surface area contributed by atoms with E-state index in [0.717, 1.165) is 0 Å². The highest BCUT2D eigenvalue weighted by atomic mass is 32.1. The van der Waals surface area contributed by atoms with Crippen LogP contribution >= 0.6 is 25.3 Å². The van der Waals surface area contributed by atoms with Gasteiger partial charge in [-0.15, -0.1) is 0 Å². The largest absolute Gasteiger partial charge is 0.481 e. The molecule has 3 atom stereocenters. The molecule has 1 amide bonds. The molecule has 10 nitrogen and oxygen atoms in total. The van der Waals surface area contributed by atoms with Gasteiger partial charge in [-0.2, -0.15) is 25.3 Å². The van der Waals surface area contributed by atoms with Gasteiger partial charge < -0.3 is 32.1 Å². The molecule has 12 heteroatoms. The molecule has 8 N–H and O–H groups in total. The molecular formula is C11H21N3O7S2. The van der Waals surface area contributed by atoms with Crippen molar-refractivity contribution in [2.24, 2.45) is 11.5 Å². The van der Waals surface area contributed by atoms with Crippen molar-refractivity contribution in [3.8, 4) is 0 Å². The summed E-state index contributed by atoms with van der Waals surface area (Å²) in [4.78, 5) is 41.8. The number of nitrogens with one attached hydrogen (secondary N) is 1. The molecule has 0 unspecified atom stereocenters. The molecule has 0 spiro atoms. The summed E-state index contributed by atoms with van der Waals surface area (Å²) in [6.07, 6.45) is -0.284. The average molecular weight is 371 g/mol. The van der Waals surface area contributed by atoms with Crippen LogP contribution in [0.3, 0.4) is 0 Å². The SMILES string of the molecule is N[C@@H](CCC(=O)O)C(=O)N[C@@H](CS)C(=O)O.N[C@@H](CS)C(=O)O. The molecule has 0 aromatic rings. The molecule has 0 aromatic carbocycles. The third kappa shape index (κ3) is 12.7. The average Bonchev–Trinajstić information content (AvgIpc) is 2.48. The highest BCUT2D eigenvalue weighted by Gasteiger charge is 2.22. The molecule has 0 radical (unpaired) electrons. The molecule has 0 saturated heterocycles. The van der Waals surface area contributed by atoms with Crippen LogP contribution in [0.25, 0.3) is 0 Å². The first-order chi connectivity index (χ1) is 10.6. The van der Waals surface area contributed by atoms with E-state index in [-0.39, 0.29) is 24.3 Å². The van der Waals surface area contributed by atoms with E-state index in [1.165, 1.54) is 0 Å². The van der Waals surface area contributed by atoms with Gasteiger partial charge in [-0.05, 0) is 6.42 Å². The molecule has 0 aliphatic heterocycles. The van der Waals surface area contributed by atoms with Crippen LogP contribution in [0.1, 0.15) is 12.8 Å². The minimum Gasteiger partial charge on any atom is -0.481 e. The van der Waals surface area contributed by atoms with Crippen molar-refractivity contribution < 1.29 is 34.5 Å². The highest BCUT2D eigenvalue weighted by molar-refractivity contribution is 7.80. The zero-order valence-corrected chi connectivity index (χ0v) is 13.9. The number of hydrogen-bond donors (Lipinski definition) is 8. The normalized spacial score (nSPS) is 13.7. The van der Waals surface area contributed by atoms with Crippen molar-refractivity contribution in [2.45, 2.75) is 31.0 Å². The third-order valence-corrected chi connectivity index (χ3v) is 3.08. The number of nitrogens with two attached hydrogens (primary N) is 2. The molecule has 0 saturated carbocycles. The van der Waals surface area contributed by atoms with Gasteiger partial charge in [0.15, 0.2) is 0 Å². The fourth-order valence-electron chi connectivity index (χ4n) is 0.952. The van der Waals surface area contributed by atoms with Crippen molar-refractivity contribution in [1.29, 1.82) is 0 Å². The predicted molar refractivity (Wildman–Crippen MR) is 87.7 cm³/mol. The van der Waals surface area contributed by atoms with E-state index in [4.69, 9.17) is 26.8 Å². The van der Waals surface area contributed by atoms with E-state index < -0.39 is 41.9 Å².